The van der Waals surface area contributed by atoms with Gasteiger partial charge in [-0.25, -0.2) is 13.4 Å². The molecular weight excluding hydrogens is 320 g/mol. The van der Waals surface area contributed by atoms with Gasteiger partial charge < -0.3 is 14.6 Å². The number of rotatable bonds is 7. The maximum Gasteiger partial charge on any atom is 0.271 e. The predicted molar refractivity (Wildman–Crippen MR) is 85.6 cm³/mol. The van der Waals surface area contributed by atoms with Crippen LogP contribution < -0.4 is 5.32 Å². The highest BCUT2D eigenvalue weighted by Gasteiger charge is 2.34. The van der Waals surface area contributed by atoms with E-state index in [-0.39, 0.29) is 17.7 Å². The standard InChI is InChI=1S/C14H24N4O4S/c1-4-9-23(20,21)18-7-6-17-10-12(16-13(17)11(18)2)14(19)15-5-8-22-3/h10-11H,4-9H2,1-3H3,(H,15,19). The molecule has 1 aliphatic rings. The normalized spacial score (nSPS) is 18.7. The van der Waals surface area contributed by atoms with Gasteiger partial charge in [0.05, 0.1) is 18.4 Å². The average molecular weight is 344 g/mol. The van der Waals surface area contributed by atoms with E-state index in [2.05, 4.69) is 10.3 Å². The third kappa shape index (κ3) is 3.91. The van der Waals surface area contributed by atoms with E-state index >= 15 is 0 Å². The van der Waals surface area contributed by atoms with Crippen molar-refractivity contribution >= 4 is 15.9 Å². The number of methoxy groups -OCH3 is 1. The molecule has 2 heterocycles. The third-order valence-electron chi connectivity index (χ3n) is 3.82. The van der Waals surface area contributed by atoms with Crippen molar-refractivity contribution in [1.29, 1.82) is 0 Å². The van der Waals surface area contributed by atoms with Crippen molar-refractivity contribution in [2.45, 2.75) is 32.9 Å². The molecular formula is C14H24N4O4S. The summed E-state index contributed by atoms with van der Waals surface area (Å²) in [6.45, 7) is 5.38. The molecule has 9 heteroatoms. The van der Waals surface area contributed by atoms with Gasteiger partial charge in [0.25, 0.3) is 5.91 Å². The highest BCUT2D eigenvalue weighted by molar-refractivity contribution is 7.89. The Morgan fingerprint density at radius 1 is 1.48 bits per heavy atom. The van der Waals surface area contributed by atoms with E-state index in [0.717, 1.165) is 0 Å². The summed E-state index contributed by atoms with van der Waals surface area (Å²) in [5.41, 5.74) is 0.303. The van der Waals surface area contributed by atoms with Crippen LogP contribution in [0.5, 0.6) is 0 Å². The van der Waals surface area contributed by atoms with Gasteiger partial charge in [-0.1, -0.05) is 6.92 Å². The lowest BCUT2D eigenvalue weighted by atomic mass is 10.2. The molecule has 2 rings (SSSR count). The van der Waals surface area contributed by atoms with Crippen molar-refractivity contribution in [1.82, 2.24) is 19.2 Å². The summed E-state index contributed by atoms with van der Waals surface area (Å²) < 4.78 is 32.9. The summed E-state index contributed by atoms with van der Waals surface area (Å²) in [5, 5.41) is 2.71. The molecule has 0 saturated carbocycles. The van der Waals surface area contributed by atoms with E-state index in [1.807, 2.05) is 11.5 Å². The molecule has 1 amide bonds. The largest absolute Gasteiger partial charge is 0.383 e. The van der Waals surface area contributed by atoms with Crippen LogP contribution in [0, 0.1) is 0 Å². The molecule has 0 spiro atoms. The van der Waals surface area contributed by atoms with Crippen LogP contribution in [-0.2, 0) is 21.3 Å². The highest BCUT2D eigenvalue weighted by Crippen LogP contribution is 2.27. The minimum absolute atomic E-state index is 0.127. The highest BCUT2D eigenvalue weighted by atomic mass is 32.2. The molecule has 1 atom stereocenters. The molecule has 0 aromatic carbocycles. The SMILES string of the molecule is CCCS(=O)(=O)N1CCn2cc(C(=O)NCCOC)nc2C1C. The molecule has 1 N–H and O–H groups in total. The quantitative estimate of drug-likeness (QED) is 0.722. The number of sulfonamides is 1. The molecule has 1 aliphatic heterocycles. The number of nitrogens with zero attached hydrogens (tertiary/aromatic N) is 3. The van der Waals surface area contributed by atoms with Crippen LogP contribution in [-0.4, -0.2) is 60.7 Å². The van der Waals surface area contributed by atoms with E-state index in [1.165, 1.54) is 4.31 Å². The number of nitrogens with one attached hydrogen (secondary N) is 1. The van der Waals surface area contributed by atoms with E-state index in [1.54, 1.807) is 20.2 Å². The van der Waals surface area contributed by atoms with E-state index in [9.17, 15) is 13.2 Å². The van der Waals surface area contributed by atoms with Crippen LogP contribution in [0.2, 0.25) is 0 Å². The van der Waals surface area contributed by atoms with Crippen LogP contribution in [0.15, 0.2) is 6.20 Å². The maximum absolute atomic E-state index is 12.3. The molecule has 0 saturated heterocycles. The van der Waals surface area contributed by atoms with Crippen molar-refractivity contribution in [2.24, 2.45) is 0 Å². The number of imidazole rings is 1. The maximum atomic E-state index is 12.3. The van der Waals surface area contributed by atoms with Gasteiger partial charge in [-0.05, 0) is 13.3 Å². The lowest BCUT2D eigenvalue weighted by molar-refractivity contribution is 0.0932. The lowest BCUT2D eigenvalue weighted by Gasteiger charge is -2.32. The second kappa shape index (κ2) is 7.41. The Morgan fingerprint density at radius 2 is 2.22 bits per heavy atom. The summed E-state index contributed by atoms with van der Waals surface area (Å²) in [5.74, 6) is 0.453. The zero-order valence-electron chi connectivity index (χ0n) is 13.8. The Hall–Kier alpha value is -1.45. The van der Waals surface area contributed by atoms with Gasteiger partial charge in [-0.2, -0.15) is 4.31 Å². The Kier molecular flexibility index (Phi) is 5.77. The number of hydrogen-bond donors (Lipinski definition) is 1. The van der Waals surface area contributed by atoms with Gasteiger partial charge >= 0.3 is 0 Å². The molecule has 1 unspecified atom stereocenters. The Morgan fingerprint density at radius 3 is 2.87 bits per heavy atom. The summed E-state index contributed by atoms with van der Waals surface area (Å²) in [4.78, 5) is 16.4. The van der Waals surface area contributed by atoms with Crippen molar-refractivity contribution < 1.29 is 17.9 Å². The van der Waals surface area contributed by atoms with Gasteiger partial charge in [0, 0.05) is 32.9 Å². The number of carbonyl (C=O) groups excluding carboxylic acids is 1. The van der Waals surface area contributed by atoms with Crippen LogP contribution >= 0.6 is 0 Å². The van der Waals surface area contributed by atoms with E-state index in [4.69, 9.17) is 4.74 Å². The summed E-state index contributed by atoms with van der Waals surface area (Å²) in [7, 11) is -1.73. The fraction of sp³-hybridized carbons (Fsp3) is 0.714. The number of carbonyl (C=O) groups is 1. The fourth-order valence-corrected chi connectivity index (χ4v) is 4.38. The van der Waals surface area contributed by atoms with Crippen LogP contribution in [0.25, 0.3) is 0 Å². The molecule has 130 valence electrons. The fourth-order valence-electron chi connectivity index (χ4n) is 2.69. The second-order valence-electron chi connectivity index (χ2n) is 5.53. The molecule has 1 aromatic rings. The first-order valence-electron chi connectivity index (χ1n) is 7.74. The monoisotopic (exact) mass is 344 g/mol. The van der Waals surface area contributed by atoms with Crippen LogP contribution in [0.4, 0.5) is 0 Å². The summed E-state index contributed by atoms with van der Waals surface area (Å²) in [6.07, 6.45) is 2.25. The van der Waals surface area contributed by atoms with Crippen LogP contribution in [0.1, 0.15) is 42.6 Å². The van der Waals surface area contributed by atoms with Crippen molar-refractivity contribution in [3.63, 3.8) is 0 Å². The average Bonchev–Trinajstić information content (AvgIpc) is 2.92. The number of hydrogen-bond acceptors (Lipinski definition) is 5. The zero-order valence-corrected chi connectivity index (χ0v) is 14.6. The number of aromatic nitrogens is 2. The topological polar surface area (TPSA) is 93.5 Å². The molecule has 8 nitrogen and oxygen atoms in total. The van der Waals surface area contributed by atoms with Gasteiger partial charge in [0.2, 0.25) is 10.0 Å². The van der Waals surface area contributed by atoms with Gasteiger partial charge in [-0.15, -0.1) is 0 Å². The molecule has 0 fully saturated rings. The predicted octanol–water partition coefficient (Wildman–Crippen LogP) is 0.376. The van der Waals surface area contributed by atoms with E-state index < -0.39 is 10.0 Å². The first-order chi connectivity index (χ1) is 10.9. The minimum atomic E-state index is -3.29. The summed E-state index contributed by atoms with van der Waals surface area (Å²) in [6, 6.07) is -0.374. The Bertz CT molecular complexity index is 656. The van der Waals surface area contributed by atoms with Crippen molar-refractivity contribution in [2.75, 3.05) is 32.6 Å². The molecule has 0 bridgehead atoms. The Balaban J connectivity index is 2.16. The number of amides is 1. The first kappa shape index (κ1) is 17.9. The number of ether oxygens (including phenoxy) is 1. The van der Waals surface area contributed by atoms with Gasteiger partial charge in [0.15, 0.2) is 0 Å². The minimum Gasteiger partial charge on any atom is -0.383 e. The second-order valence-corrected chi connectivity index (χ2v) is 7.57. The van der Waals surface area contributed by atoms with Gasteiger partial charge in [-0.3, -0.25) is 4.79 Å². The summed E-state index contributed by atoms with van der Waals surface area (Å²) >= 11 is 0. The molecule has 23 heavy (non-hydrogen) atoms. The zero-order chi connectivity index (χ0) is 17.0. The number of fused-ring (bicyclic) bond motifs is 1. The van der Waals surface area contributed by atoms with Crippen LogP contribution in [0.3, 0.4) is 0 Å². The van der Waals surface area contributed by atoms with Crippen molar-refractivity contribution in [3.05, 3.63) is 17.7 Å². The smallest absolute Gasteiger partial charge is 0.271 e. The first-order valence-corrected chi connectivity index (χ1v) is 9.35. The lowest BCUT2D eigenvalue weighted by Crippen LogP contribution is -2.42. The molecule has 0 radical (unpaired) electrons. The van der Waals surface area contributed by atoms with Gasteiger partial charge in [0.1, 0.15) is 11.5 Å². The molecule has 1 aromatic heterocycles. The Labute approximate surface area is 136 Å². The molecule has 0 aliphatic carbocycles. The third-order valence-corrected chi connectivity index (χ3v) is 5.96. The van der Waals surface area contributed by atoms with Crippen molar-refractivity contribution in [3.8, 4) is 0 Å². The van der Waals surface area contributed by atoms with E-state index in [0.29, 0.717) is 44.2 Å².